The quantitative estimate of drug-likeness (QED) is 0.760. The minimum absolute atomic E-state index is 0.692. The van der Waals surface area contributed by atoms with Gasteiger partial charge in [0.15, 0.2) is 0 Å². The van der Waals surface area contributed by atoms with Crippen molar-refractivity contribution < 1.29 is 0 Å². The van der Waals surface area contributed by atoms with Crippen molar-refractivity contribution in [1.82, 2.24) is 4.98 Å². The van der Waals surface area contributed by atoms with E-state index in [1.165, 1.54) is 42.3 Å². The predicted octanol–water partition coefficient (Wildman–Crippen LogP) is 4.38. The van der Waals surface area contributed by atoms with Gasteiger partial charge in [-0.15, -0.1) is 0 Å². The van der Waals surface area contributed by atoms with Gasteiger partial charge < -0.3 is 4.90 Å². The van der Waals surface area contributed by atoms with Crippen LogP contribution in [0.5, 0.6) is 0 Å². The van der Waals surface area contributed by atoms with Crippen LogP contribution in [0.15, 0.2) is 36.5 Å². The van der Waals surface area contributed by atoms with Crippen molar-refractivity contribution in [1.29, 1.82) is 0 Å². The SMILES string of the molecule is BrCCCN(c1nccc2ccccc12)C1CCC1. The van der Waals surface area contributed by atoms with E-state index in [2.05, 4.69) is 56.1 Å². The van der Waals surface area contributed by atoms with Gasteiger partial charge in [0.05, 0.1) is 0 Å². The maximum absolute atomic E-state index is 4.67. The van der Waals surface area contributed by atoms with Gasteiger partial charge >= 0.3 is 0 Å². The first-order chi connectivity index (χ1) is 9.40. The van der Waals surface area contributed by atoms with E-state index in [1.54, 1.807) is 0 Å². The van der Waals surface area contributed by atoms with E-state index in [4.69, 9.17) is 0 Å². The molecule has 0 N–H and O–H groups in total. The number of pyridine rings is 1. The van der Waals surface area contributed by atoms with Crippen LogP contribution in [0.3, 0.4) is 0 Å². The molecule has 0 aliphatic heterocycles. The average molecular weight is 319 g/mol. The Bertz CT molecular complexity index is 546. The number of fused-ring (bicyclic) bond motifs is 1. The minimum atomic E-state index is 0.692. The fourth-order valence-electron chi connectivity index (χ4n) is 2.72. The number of hydrogen-bond acceptors (Lipinski definition) is 2. The Balaban J connectivity index is 1.98. The average Bonchev–Trinajstić information content (AvgIpc) is 2.41. The third-order valence-corrected chi connectivity index (χ3v) is 4.53. The molecule has 0 amide bonds. The van der Waals surface area contributed by atoms with E-state index in [0.717, 1.165) is 11.9 Å². The Morgan fingerprint density at radius 1 is 1.21 bits per heavy atom. The van der Waals surface area contributed by atoms with Crippen molar-refractivity contribution in [3.63, 3.8) is 0 Å². The molecule has 3 heteroatoms. The van der Waals surface area contributed by atoms with Crippen LogP contribution < -0.4 is 4.90 Å². The largest absolute Gasteiger partial charge is 0.353 e. The number of benzene rings is 1. The van der Waals surface area contributed by atoms with Crippen LogP contribution in [-0.2, 0) is 0 Å². The molecule has 1 heterocycles. The third-order valence-electron chi connectivity index (χ3n) is 3.97. The minimum Gasteiger partial charge on any atom is -0.353 e. The molecule has 1 saturated carbocycles. The lowest BCUT2D eigenvalue weighted by Crippen LogP contribution is -2.41. The number of alkyl halides is 1. The van der Waals surface area contributed by atoms with Crippen molar-refractivity contribution in [3.8, 4) is 0 Å². The van der Waals surface area contributed by atoms with Gasteiger partial charge in [0.25, 0.3) is 0 Å². The zero-order chi connectivity index (χ0) is 13.1. The summed E-state index contributed by atoms with van der Waals surface area (Å²) >= 11 is 3.54. The van der Waals surface area contributed by atoms with Gasteiger partial charge in [-0.2, -0.15) is 0 Å². The van der Waals surface area contributed by atoms with E-state index in [1.807, 2.05) is 6.20 Å². The predicted molar refractivity (Wildman–Crippen MR) is 85.1 cm³/mol. The molecule has 100 valence electrons. The zero-order valence-corrected chi connectivity index (χ0v) is 12.6. The van der Waals surface area contributed by atoms with Gasteiger partial charge in [-0.25, -0.2) is 4.98 Å². The molecule has 1 fully saturated rings. The Hall–Kier alpha value is -1.09. The Labute approximate surface area is 123 Å². The second-order valence-electron chi connectivity index (χ2n) is 5.18. The summed E-state index contributed by atoms with van der Waals surface area (Å²) < 4.78 is 0. The lowest BCUT2D eigenvalue weighted by atomic mass is 9.91. The lowest BCUT2D eigenvalue weighted by Gasteiger charge is -2.39. The van der Waals surface area contributed by atoms with E-state index >= 15 is 0 Å². The van der Waals surface area contributed by atoms with Crippen LogP contribution in [0.1, 0.15) is 25.7 Å². The van der Waals surface area contributed by atoms with Crippen LogP contribution in [-0.4, -0.2) is 22.9 Å². The number of rotatable bonds is 5. The van der Waals surface area contributed by atoms with Crippen molar-refractivity contribution in [2.75, 3.05) is 16.8 Å². The van der Waals surface area contributed by atoms with Crippen molar-refractivity contribution in [3.05, 3.63) is 36.5 Å². The summed E-state index contributed by atoms with van der Waals surface area (Å²) in [4.78, 5) is 7.19. The fraction of sp³-hybridized carbons (Fsp3) is 0.438. The maximum Gasteiger partial charge on any atom is 0.136 e. The zero-order valence-electron chi connectivity index (χ0n) is 11.1. The van der Waals surface area contributed by atoms with Crippen LogP contribution in [0, 0.1) is 0 Å². The Morgan fingerprint density at radius 3 is 2.79 bits per heavy atom. The number of hydrogen-bond donors (Lipinski definition) is 0. The summed E-state index contributed by atoms with van der Waals surface area (Å²) in [5, 5.41) is 3.63. The molecule has 0 spiro atoms. The van der Waals surface area contributed by atoms with Crippen LogP contribution >= 0.6 is 15.9 Å². The summed E-state index contributed by atoms with van der Waals surface area (Å²) in [6.07, 6.45) is 7.10. The molecule has 1 aromatic carbocycles. The summed E-state index contributed by atoms with van der Waals surface area (Å²) in [6, 6.07) is 11.4. The van der Waals surface area contributed by atoms with Crippen LogP contribution in [0.4, 0.5) is 5.82 Å². The van der Waals surface area contributed by atoms with Crippen molar-refractivity contribution in [2.24, 2.45) is 0 Å². The molecule has 1 aliphatic rings. The molecule has 19 heavy (non-hydrogen) atoms. The topological polar surface area (TPSA) is 16.1 Å². The normalized spacial score (nSPS) is 15.4. The van der Waals surface area contributed by atoms with Gasteiger partial charge in [-0.05, 0) is 37.1 Å². The molecule has 0 saturated heterocycles. The summed E-state index contributed by atoms with van der Waals surface area (Å²) in [5.74, 6) is 1.17. The molecule has 0 unspecified atom stereocenters. The summed E-state index contributed by atoms with van der Waals surface area (Å²) in [5.41, 5.74) is 0. The highest BCUT2D eigenvalue weighted by Gasteiger charge is 2.26. The Morgan fingerprint density at radius 2 is 2.05 bits per heavy atom. The summed E-state index contributed by atoms with van der Waals surface area (Å²) in [6.45, 7) is 1.09. The van der Waals surface area contributed by atoms with Crippen molar-refractivity contribution in [2.45, 2.75) is 31.7 Å². The third kappa shape index (κ3) is 2.62. The second kappa shape index (κ2) is 5.91. The highest BCUT2D eigenvalue weighted by atomic mass is 79.9. The van der Waals surface area contributed by atoms with Gasteiger partial charge in [-0.1, -0.05) is 40.2 Å². The maximum atomic E-state index is 4.67. The first kappa shape index (κ1) is 12.9. The number of halogens is 1. The smallest absolute Gasteiger partial charge is 0.136 e. The lowest BCUT2D eigenvalue weighted by molar-refractivity contribution is 0.385. The van der Waals surface area contributed by atoms with Crippen LogP contribution in [0.25, 0.3) is 10.8 Å². The molecular weight excluding hydrogens is 300 g/mol. The van der Waals surface area contributed by atoms with Gasteiger partial charge in [0, 0.05) is 29.5 Å². The molecule has 1 aromatic heterocycles. The molecule has 2 aromatic rings. The molecular formula is C16H19BrN2. The summed E-state index contributed by atoms with van der Waals surface area (Å²) in [7, 11) is 0. The second-order valence-corrected chi connectivity index (χ2v) is 5.97. The van der Waals surface area contributed by atoms with Crippen LogP contribution in [0.2, 0.25) is 0 Å². The molecule has 2 nitrogen and oxygen atoms in total. The van der Waals surface area contributed by atoms with Gasteiger partial charge in [0.1, 0.15) is 5.82 Å². The highest BCUT2D eigenvalue weighted by molar-refractivity contribution is 9.09. The van der Waals surface area contributed by atoms with Gasteiger partial charge in [0.2, 0.25) is 0 Å². The first-order valence-corrected chi connectivity index (χ1v) is 8.18. The van der Waals surface area contributed by atoms with E-state index in [-0.39, 0.29) is 0 Å². The standard InChI is InChI=1S/C16H19BrN2/c17-10-4-12-19(14-6-3-7-14)16-15-8-2-1-5-13(15)9-11-18-16/h1-2,5,8-9,11,14H,3-4,6-7,10,12H2. The monoisotopic (exact) mass is 318 g/mol. The van der Waals surface area contributed by atoms with E-state index < -0.39 is 0 Å². The Kier molecular flexibility index (Phi) is 4.02. The van der Waals surface area contributed by atoms with E-state index in [9.17, 15) is 0 Å². The molecule has 0 radical (unpaired) electrons. The first-order valence-electron chi connectivity index (χ1n) is 7.06. The number of anilines is 1. The fourth-order valence-corrected chi connectivity index (χ4v) is 2.97. The molecule has 1 aliphatic carbocycles. The van der Waals surface area contributed by atoms with Gasteiger partial charge in [-0.3, -0.25) is 0 Å². The van der Waals surface area contributed by atoms with Crippen molar-refractivity contribution >= 4 is 32.5 Å². The highest BCUT2D eigenvalue weighted by Crippen LogP contribution is 2.32. The molecule has 0 atom stereocenters. The number of aromatic nitrogens is 1. The molecule has 3 rings (SSSR count). The number of nitrogens with zero attached hydrogens (tertiary/aromatic N) is 2. The van der Waals surface area contributed by atoms with E-state index in [0.29, 0.717) is 6.04 Å². The molecule has 0 bridgehead atoms.